The van der Waals surface area contributed by atoms with Crippen molar-refractivity contribution >= 4 is 15.5 Å². The molecule has 2 rings (SSSR count). The number of rotatable bonds is 3. The van der Waals surface area contributed by atoms with Gasteiger partial charge in [-0.25, -0.2) is 8.42 Å². The van der Waals surface area contributed by atoms with Crippen LogP contribution in [0, 0.1) is 0 Å². The molecule has 0 amide bonds. The van der Waals surface area contributed by atoms with Gasteiger partial charge in [-0.3, -0.25) is 0 Å². The van der Waals surface area contributed by atoms with Crippen LogP contribution in [0.5, 0.6) is 0 Å². The summed E-state index contributed by atoms with van der Waals surface area (Å²) in [5, 5.41) is 0. The first-order valence-electron chi connectivity index (χ1n) is 6.49. The standard InChI is InChI=1S/C16H19NO2S/c1-11(2)12-4-6-13(7-5-12)15-9-8-14(10-16(15)17)20(3,18)19/h4-11H,17H2,1-3H3. The summed E-state index contributed by atoms with van der Waals surface area (Å²) in [4.78, 5) is 0.248. The van der Waals surface area contributed by atoms with Crippen LogP contribution in [-0.4, -0.2) is 14.7 Å². The molecule has 0 atom stereocenters. The minimum atomic E-state index is -3.22. The number of nitrogens with two attached hydrogens (primary N) is 1. The Morgan fingerprint density at radius 3 is 2.05 bits per heavy atom. The van der Waals surface area contributed by atoms with Gasteiger partial charge in [0.1, 0.15) is 0 Å². The van der Waals surface area contributed by atoms with Gasteiger partial charge in [0.05, 0.1) is 4.90 Å². The Balaban J connectivity index is 2.43. The van der Waals surface area contributed by atoms with Gasteiger partial charge >= 0.3 is 0 Å². The lowest BCUT2D eigenvalue weighted by atomic mass is 9.98. The molecule has 0 aliphatic heterocycles. The zero-order valence-electron chi connectivity index (χ0n) is 11.9. The summed E-state index contributed by atoms with van der Waals surface area (Å²) >= 11 is 0. The SMILES string of the molecule is CC(C)c1ccc(-c2ccc(S(C)(=O)=O)cc2N)cc1. The molecule has 2 aromatic rings. The molecule has 0 unspecified atom stereocenters. The number of hydrogen-bond donors (Lipinski definition) is 1. The topological polar surface area (TPSA) is 60.2 Å². The molecule has 0 bridgehead atoms. The number of nitrogen functional groups attached to an aromatic ring is 1. The summed E-state index contributed by atoms with van der Waals surface area (Å²) < 4.78 is 23.0. The van der Waals surface area contributed by atoms with E-state index in [0.29, 0.717) is 11.6 Å². The molecule has 0 saturated heterocycles. The van der Waals surface area contributed by atoms with Gasteiger partial charge in [0.2, 0.25) is 0 Å². The van der Waals surface area contributed by atoms with Gasteiger partial charge in [-0.05, 0) is 29.2 Å². The van der Waals surface area contributed by atoms with E-state index >= 15 is 0 Å². The second-order valence-corrected chi connectivity index (χ2v) is 7.31. The van der Waals surface area contributed by atoms with Gasteiger partial charge in [0.15, 0.2) is 9.84 Å². The molecule has 0 aromatic heterocycles. The van der Waals surface area contributed by atoms with Crippen LogP contribution in [0.15, 0.2) is 47.4 Å². The minimum absolute atomic E-state index is 0.248. The summed E-state index contributed by atoms with van der Waals surface area (Å²) in [7, 11) is -3.22. The third-order valence-corrected chi connectivity index (χ3v) is 4.45. The summed E-state index contributed by atoms with van der Waals surface area (Å²) in [5.74, 6) is 0.481. The predicted octanol–water partition coefficient (Wildman–Crippen LogP) is 3.46. The maximum atomic E-state index is 11.5. The quantitative estimate of drug-likeness (QED) is 0.880. The summed E-state index contributed by atoms with van der Waals surface area (Å²) in [5.41, 5.74) is 9.57. The van der Waals surface area contributed by atoms with Crippen molar-refractivity contribution in [2.45, 2.75) is 24.7 Å². The fourth-order valence-corrected chi connectivity index (χ4v) is 2.74. The van der Waals surface area contributed by atoms with Gasteiger partial charge in [-0.2, -0.15) is 0 Å². The fraction of sp³-hybridized carbons (Fsp3) is 0.250. The van der Waals surface area contributed by atoms with Gasteiger partial charge in [-0.1, -0.05) is 44.2 Å². The zero-order chi connectivity index (χ0) is 14.9. The summed E-state index contributed by atoms with van der Waals surface area (Å²) in [6.45, 7) is 4.29. The van der Waals surface area contributed by atoms with E-state index in [4.69, 9.17) is 5.73 Å². The first kappa shape index (κ1) is 14.6. The first-order valence-corrected chi connectivity index (χ1v) is 8.38. The molecule has 20 heavy (non-hydrogen) atoms. The Labute approximate surface area is 120 Å². The molecule has 4 heteroatoms. The zero-order valence-corrected chi connectivity index (χ0v) is 12.7. The number of sulfone groups is 1. The van der Waals surface area contributed by atoms with E-state index in [1.54, 1.807) is 12.1 Å². The first-order chi connectivity index (χ1) is 9.29. The van der Waals surface area contributed by atoms with Crippen LogP contribution >= 0.6 is 0 Å². The summed E-state index contributed by atoms with van der Waals surface area (Å²) in [6, 6.07) is 13.0. The van der Waals surface area contributed by atoms with Crippen LogP contribution in [0.2, 0.25) is 0 Å². The molecule has 106 valence electrons. The monoisotopic (exact) mass is 289 g/mol. The van der Waals surface area contributed by atoms with Crippen LogP contribution in [0.25, 0.3) is 11.1 Å². The molecule has 0 spiro atoms. The maximum absolute atomic E-state index is 11.5. The van der Waals surface area contributed by atoms with E-state index in [2.05, 4.69) is 26.0 Å². The van der Waals surface area contributed by atoms with Crippen molar-refractivity contribution in [3.05, 3.63) is 48.0 Å². The number of anilines is 1. The smallest absolute Gasteiger partial charge is 0.175 e. The van der Waals surface area contributed by atoms with Gasteiger partial charge < -0.3 is 5.73 Å². The van der Waals surface area contributed by atoms with E-state index in [0.717, 1.165) is 11.1 Å². The van der Waals surface area contributed by atoms with Crippen molar-refractivity contribution in [3.8, 4) is 11.1 Å². The lowest BCUT2D eigenvalue weighted by molar-refractivity contribution is 0.602. The van der Waals surface area contributed by atoms with E-state index in [-0.39, 0.29) is 4.90 Å². The molecular formula is C16H19NO2S. The van der Waals surface area contributed by atoms with E-state index in [1.165, 1.54) is 17.9 Å². The van der Waals surface area contributed by atoms with Crippen molar-refractivity contribution in [3.63, 3.8) is 0 Å². The number of benzene rings is 2. The van der Waals surface area contributed by atoms with Crippen LogP contribution in [-0.2, 0) is 9.84 Å². The Morgan fingerprint density at radius 2 is 1.60 bits per heavy atom. The molecule has 3 nitrogen and oxygen atoms in total. The highest BCUT2D eigenvalue weighted by Gasteiger charge is 2.10. The van der Waals surface area contributed by atoms with Crippen LogP contribution < -0.4 is 5.73 Å². The molecule has 0 heterocycles. The Morgan fingerprint density at radius 1 is 1.00 bits per heavy atom. The highest BCUT2D eigenvalue weighted by molar-refractivity contribution is 7.90. The van der Waals surface area contributed by atoms with Crippen molar-refractivity contribution in [2.75, 3.05) is 12.0 Å². The third kappa shape index (κ3) is 3.02. The Hall–Kier alpha value is -1.81. The Kier molecular flexibility index (Phi) is 3.86. The predicted molar refractivity (Wildman–Crippen MR) is 83.5 cm³/mol. The van der Waals surface area contributed by atoms with Crippen LogP contribution in [0.3, 0.4) is 0 Å². The maximum Gasteiger partial charge on any atom is 0.175 e. The molecule has 0 aliphatic rings. The van der Waals surface area contributed by atoms with Crippen molar-refractivity contribution in [2.24, 2.45) is 0 Å². The lowest BCUT2D eigenvalue weighted by Gasteiger charge is -2.10. The number of hydrogen-bond acceptors (Lipinski definition) is 3. The molecule has 0 radical (unpaired) electrons. The van der Waals surface area contributed by atoms with Gasteiger partial charge in [0, 0.05) is 17.5 Å². The highest BCUT2D eigenvalue weighted by Crippen LogP contribution is 2.29. The molecule has 2 N–H and O–H groups in total. The van der Waals surface area contributed by atoms with E-state index in [9.17, 15) is 8.42 Å². The van der Waals surface area contributed by atoms with Crippen molar-refractivity contribution < 1.29 is 8.42 Å². The second kappa shape index (κ2) is 5.29. The van der Waals surface area contributed by atoms with Gasteiger partial charge in [0.25, 0.3) is 0 Å². The third-order valence-electron chi connectivity index (χ3n) is 3.34. The molecule has 0 saturated carbocycles. The normalized spacial score (nSPS) is 11.8. The van der Waals surface area contributed by atoms with E-state index in [1.807, 2.05) is 12.1 Å². The largest absolute Gasteiger partial charge is 0.398 e. The molecule has 0 fully saturated rings. The highest BCUT2D eigenvalue weighted by atomic mass is 32.2. The van der Waals surface area contributed by atoms with E-state index < -0.39 is 9.84 Å². The average Bonchev–Trinajstić information content (AvgIpc) is 2.37. The average molecular weight is 289 g/mol. The minimum Gasteiger partial charge on any atom is -0.398 e. The van der Waals surface area contributed by atoms with Crippen molar-refractivity contribution in [1.82, 2.24) is 0 Å². The second-order valence-electron chi connectivity index (χ2n) is 5.30. The van der Waals surface area contributed by atoms with Crippen LogP contribution in [0.4, 0.5) is 5.69 Å². The molecule has 0 aliphatic carbocycles. The van der Waals surface area contributed by atoms with Gasteiger partial charge in [-0.15, -0.1) is 0 Å². The van der Waals surface area contributed by atoms with Crippen LogP contribution in [0.1, 0.15) is 25.3 Å². The van der Waals surface area contributed by atoms with Crippen molar-refractivity contribution in [1.29, 1.82) is 0 Å². The molecular weight excluding hydrogens is 270 g/mol. The fourth-order valence-electron chi connectivity index (χ4n) is 2.08. The Bertz CT molecular complexity index is 717. The summed E-state index contributed by atoms with van der Waals surface area (Å²) in [6.07, 6.45) is 1.18. The molecule has 2 aromatic carbocycles. The lowest BCUT2D eigenvalue weighted by Crippen LogP contribution is -1.99.